The number of ether oxygens (including phenoxy) is 3. The molecule has 0 aliphatic carbocycles. The third-order valence-electron chi connectivity index (χ3n) is 1.88. The fourth-order valence-electron chi connectivity index (χ4n) is 0.875. The molecule has 0 rings (SSSR count). The van der Waals surface area contributed by atoms with Gasteiger partial charge in [0.1, 0.15) is 0 Å². The molecule has 0 aromatic carbocycles. The maximum Gasteiger partial charge on any atom is 0.527 e. The molecule has 1 atom stereocenters. The van der Waals surface area contributed by atoms with Crippen molar-refractivity contribution >= 4 is 5.97 Å². The minimum atomic E-state index is -7.29. The number of carboxylic acid groups (broad SMARTS) is 1. The molecule has 0 saturated carbocycles. The van der Waals surface area contributed by atoms with E-state index >= 15 is 0 Å². The van der Waals surface area contributed by atoms with Gasteiger partial charge in [-0.05, 0) is 0 Å². The Morgan fingerprint density at radius 3 is 1.68 bits per heavy atom. The summed E-state index contributed by atoms with van der Waals surface area (Å²) in [7, 11) is 0. The molecule has 0 heterocycles. The van der Waals surface area contributed by atoms with E-state index in [1.807, 2.05) is 0 Å². The lowest BCUT2D eigenvalue weighted by atomic mass is 10.3. The zero-order chi connectivity index (χ0) is 20.5. The summed E-state index contributed by atoms with van der Waals surface area (Å²) in [6, 6.07) is 0. The normalized spacial score (nSPS) is 16.0. The minimum absolute atomic E-state index is 1.46. The van der Waals surface area contributed by atoms with Crippen molar-refractivity contribution in [2.24, 2.45) is 0 Å². The zero-order valence-corrected chi connectivity index (χ0v) is 10.9. The van der Waals surface area contributed by atoms with Gasteiger partial charge in [0, 0.05) is 0 Å². The van der Waals surface area contributed by atoms with Gasteiger partial charge in [-0.2, -0.15) is 35.1 Å². The van der Waals surface area contributed by atoms with E-state index in [1.54, 1.807) is 0 Å². The van der Waals surface area contributed by atoms with Crippen molar-refractivity contribution in [1.29, 1.82) is 0 Å². The summed E-state index contributed by atoms with van der Waals surface area (Å²) in [5.74, 6) is -9.50. The van der Waals surface area contributed by atoms with Gasteiger partial charge in [-0.15, -0.1) is 13.2 Å². The standard InChI is InChI=1S/C8H4F12O5/c9-3(4(10,11)23-1-2(21)22)24-6(14,15)5(12,13)7(16,17)25-8(18,19)20/h3H,1H2,(H,21,22). The SMILES string of the molecule is O=C(O)COC(F)(F)C(F)OC(F)(F)C(F)(F)C(F)(F)OC(F)(F)F. The summed E-state index contributed by atoms with van der Waals surface area (Å²) < 4.78 is 155. The molecule has 0 saturated heterocycles. The maximum absolute atomic E-state index is 12.8. The second-order valence-corrected chi connectivity index (χ2v) is 3.83. The number of halogens is 12. The van der Waals surface area contributed by atoms with Gasteiger partial charge in [-0.25, -0.2) is 13.9 Å². The first kappa shape index (κ1) is 23.5. The van der Waals surface area contributed by atoms with E-state index in [2.05, 4.69) is 9.47 Å². The molecule has 150 valence electrons. The third kappa shape index (κ3) is 6.07. The molecule has 17 heteroatoms. The van der Waals surface area contributed by atoms with Crippen molar-refractivity contribution in [1.82, 2.24) is 0 Å². The van der Waals surface area contributed by atoms with Gasteiger partial charge in [0.2, 0.25) is 0 Å². The smallest absolute Gasteiger partial charge is 0.480 e. The Hall–Kier alpha value is -1.49. The molecule has 0 aromatic heterocycles. The second kappa shape index (κ2) is 7.02. The van der Waals surface area contributed by atoms with Crippen molar-refractivity contribution in [3.8, 4) is 0 Å². The highest BCUT2D eigenvalue weighted by molar-refractivity contribution is 5.68. The Morgan fingerprint density at radius 2 is 1.32 bits per heavy atom. The molecule has 25 heavy (non-hydrogen) atoms. The van der Waals surface area contributed by atoms with Crippen LogP contribution in [0.4, 0.5) is 52.7 Å². The first-order chi connectivity index (χ1) is 10.8. The van der Waals surface area contributed by atoms with Gasteiger partial charge in [-0.1, -0.05) is 0 Å². The number of rotatable bonds is 9. The summed E-state index contributed by atoms with van der Waals surface area (Å²) in [6.45, 7) is -2.06. The fourth-order valence-corrected chi connectivity index (χ4v) is 0.875. The van der Waals surface area contributed by atoms with Gasteiger partial charge in [0.05, 0.1) is 0 Å². The Labute approximate surface area is 128 Å². The van der Waals surface area contributed by atoms with E-state index in [0.29, 0.717) is 0 Å². The molecule has 0 radical (unpaired) electrons. The van der Waals surface area contributed by atoms with Crippen LogP contribution in [0.3, 0.4) is 0 Å². The van der Waals surface area contributed by atoms with Crippen LogP contribution in [0.2, 0.25) is 0 Å². The van der Waals surface area contributed by atoms with E-state index < -0.39 is 49.5 Å². The average molecular weight is 408 g/mol. The van der Waals surface area contributed by atoms with Gasteiger partial charge in [0.15, 0.2) is 6.61 Å². The molecule has 0 spiro atoms. The number of carboxylic acids is 1. The van der Waals surface area contributed by atoms with Gasteiger partial charge in [0.25, 0.3) is 6.36 Å². The van der Waals surface area contributed by atoms with Crippen molar-refractivity contribution in [3.05, 3.63) is 0 Å². The van der Waals surface area contributed by atoms with Gasteiger partial charge < -0.3 is 9.84 Å². The maximum atomic E-state index is 12.8. The molecular weight excluding hydrogens is 404 g/mol. The Kier molecular flexibility index (Phi) is 6.60. The Bertz CT molecular complexity index is 475. The van der Waals surface area contributed by atoms with E-state index in [1.165, 1.54) is 4.74 Å². The van der Waals surface area contributed by atoms with Crippen LogP contribution >= 0.6 is 0 Å². The van der Waals surface area contributed by atoms with Crippen LogP contribution in [0.25, 0.3) is 0 Å². The molecule has 5 nitrogen and oxygen atoms in total. The molecule has 0 aliphatic heterocycles. The highest BCUT2D eigenvalue weighted by atomic mass is 19.4. The summed E-state index contributed by atoms with van der Waals surface area (Å²) in [4.78, 5) is 9.87. The third-order valence-corrected chi connectivity index (χ3v) is 1.88. The molecule has 0 aromatic rings. The minimum Gasteiger partial charge on any atom is -0.480 e. The summed E-state index contributed by atoms with van der Waals surface area (Å²) >= 11 is 0. The van der Waals surface area contributed by atoms with Crippen LogP contribution < -0.4 is 0 Å². The van der Waals surface area contributed by atoms with Crippen molar-refractivity contribution in [2.45, 2.75) is 37.0 Å². The fraction of sp³-hybridized carbons (Fsp3) is 0.875. The first-order valence-electron chi connectivity index (χ1n) is 5.21. The van der Waals surface area contributed by atoms with Crippen molar-refractivity contribution in [2.75, 3.05) is 6.61 Å². The quantitative estimate of drug-likeness (QED) is 0.593. The van der Waals surface area contributed by atoms with E-state index in [9.17, 15) is 57.5 Å². The van der Waals surface area contributed by atoms with Crippen LogP contribution in [0.5, 0.6) is 0 Å². The Balaban J connectivity index is 5.36. The summed E-state index contributed by atoms with van der Waals surface area (Å²) in [5, 5.41) is 7.92. The van der Waals surface area contributed by atoms with Crippen molar-refractivity contribution < 1.29 is 76.8 Å². The summed E-state index contributed by atoms with van der Waals surface area (Å²) in [6.07, 6.45) is -31.3. The first-order valence-corrected chi connectivity index (χ1v) is 5.21. The van der Waals surface area contributed by atoms with E-state index in [0.717, 1.165) is 0 Å². The predicted molar refractivity (Wildman–Crippen MR) is 46.5 cm³/mol. The molecule has 0 bridgehead atoms. The highest BCUT2D eigenvalue weighted by Crippen LogP contribution is 2.50. The topological polar surface area (TPSA) is 65.0 Å². The van der Waals surface area contributed by atoms with Crippen LogP contribution in [-0.2, 0) is 19.0 Å². The highest BCUT2D eigenvalue weighted by Gasteiger charge is 2.78. The number of alkyl halides is 12. The Morgan fingerprint density at radius 1 is 0.880 bits per heavy atom. The van der Waals surface area contributed by atoms with Crippen molar-refractivity contribution in [3.63, 3.8) is 0 Å². The van der Waals surface area contributed by atoms with Crippen LogP contribution in [0.1, 0.15) is 0 Å². The van der Waals surface area contributed by atoms with Crippen LogP contribution in [0.15, 0.2) is 0 Å². The molecular formula is C8H4F12O5. The van der Waals surface area contributed by atoms with Crippen LogP contribution in [0, 0.1) is 0 Å². The molecule has 0 aliphatic rings. The molecule has 0 fully saturated rings. The average Bonchev–Trinajstić information content (AvgIpc) is 2.32. The zero-order valence-electron chi connectivity index (χ0n) is 10.9. The molecule has 1 N–H and O–H groups in total. The monoisotopic (exact) mass is 408 g/mol. The molecule has 0 amide bonds. The number of hydrogen-bond donors (Lipinski definition) is 1. The van der Waals surface area contributed by atoms with Gasteiger partial charge in [-0.3, -0.25) is 4.74 Å². The van der Waals surface area contributed by atoms with Crippen LogP contribution in [-0.4, -0.2) is 54.7 Å². The second-order valence-electron chi connectivity index (χ2n) is 3.83. The van der Waals surface area contributed by atoms with Gasteiger partial charge >= 0.3 is 36.6 Å². The number of aliphatic carboxylic acids is 1. The van der Waals surface area contributed by atoms with E-state index in [-0.39, 0.29) is 0 Å². The number of hydrogen-bond acceptors (Lipinski definition) is 4. The lowest BCUT2D eigenvalue weighted by Gasteiger charge is -2.33. The summed E-state index contributed by atoms with van der Waals surface area (Å²) in [5.41, 5.74) is 0. The molecule has 1 unspecified atom stereocenters. The lowest BCUT2D eigenvalue weighted by molar-refractivity contribution is -0.519. The lowest BCUT2D eigenvalue weighted by Crippen LogP contribution is -2.59. The van der Waals surface area contributed by atoms with E-state index in [4.69, 9.17) is 5.11 Å². The number of carbonyl (C=O) groups is 1. The largest absolute Gasteiger partial charge is 0.527 e. The predicted octanol–water partition coefficient (Wildman–Crippen LogP) is 3.35.